The highest BCUT2D eigenvalue weighted by Crippen LogP contribution is 2.27. The van der Waals surface area contributed by atoms with E-state index in [1.54, 1.807) is 18.2 Å². The van der Waals surface area contributed by atoms with E-state index in [-0.39, 0.29) is 16.3 Å². The summed E-state index contributed by atoms with van der Waals surface area (Å²) in [6.07, 6.45) is 0. The molecule has 5 nitrogen and oxygen atoms in total. The number of hydrogen-bond donors (Lipinski definition) is 2. The molecule has 2 aromatic carbocycles. The number of benzene rings is 2. The third-order valence-electron chi connectivity index (χ3n) is 2.85. The lowest BCUT2D eigenvalue weighted by Crippen LogP contribution is -2.28. The summed E-state index contributed by atoms with van der Waals surface area (Å²) in [6, 6.07) is 11.6. The minimum absolute atomic E-state index is 0.0225. The SMILES string of the molecule is CN(c1cccc(F)c1)S(=O)(=O)c1ccccc1NN. The monoisotopic (exact) mass is 295 g/mol. The number of nitrogen functional groups attached to an aromatic ring is 1. The van der Waals surface area contributed by atoms with Crippen molar-refractivity contribution in [3.8, 4) is 0 Å². The zero-order valence-electron chi connectivity index (χ0n) is 10.7. The molecule has 0 aliphatic rings. The molecule has 0 aliphatic carbocycles. The Morgan fingerprint density at radius 3 is 2.50 bits per heavy atom. The zero-order chi connectivity index (χ0) is 14.8. The number of sulfonamides is 1. The van der Waals surface area contributed by atoms with Crippen LogP contribution < -0.4 is 15.6 Å². The predicted octanol–water partition coefficient (Wildman–Crippen LogP) is 1.94. The number of nitrogens with zero attached hydrogens (tertiary/aromatic N) is 1. The topological polar surface area (TPSA) is 75.4 Å². The second kappa shape index (κ2) is 5.48. The lowest BCUT2D eigenvalue weighted by molar-refractivity contribution is 0.594. The van der Waals surface area contributed by atoms with Crippen LogP contribution in [0.15, 0.2) is 53.4 Å². The maximum atomic E-state index is 13.2. The molecule has 3 N–H and O–H groups in total. The minimum atomic E-state index is -3.83. The molecule has 0 spiro atoms. The molecule has 20 heavy (non-hydrogen) atoms. The van der Waals surface area contributed by atoms with Crippen LogP contribution in [0.4, 0.5) is 15.8 Å². The van der Waals surface area contributed by atoms with Gasteiger partial charge >= 0.3 is 0 Å². The Hall–Kier alpha value is -2.12. The number of anilines is 2. The lowest BCUT2D eigenvalue weighted by Gasteiger charge is -2.21. The molecule has 0 amide bonds. The fourth-order valence-corrected chi connectivity index (χ4v) is 3.11. The number of hydrazine groups is 1. The summed E-state index contributed by atoms with van der Waals surface area (Å²) >= 11 is 0. The molecule has 2 aromatic rings. The Kier molecular flexibility index (Phi) is 3.91. The summed E-state index contributed by atoms with van der Waals surface area (Å²) in [7, 11) is -2.47. The first-order valence-electron chi connectivity index (χ1n) is 5.77. The van der Waals surface area contributed by atoms with Gasteiger partial charge < -0.3 is 5.43 Å². The van der Waals surface area contributed by atoms with Crippen LogP contribution >= 0.6 is 0 Å². The fraction of sp³-hybridized carbons (Fsp3) is 0.0769. The van der Waals surface area contributed by atoms with Crippen molar-refractivity contribution in [1.29, 1.82) is 0 Å². The number of hydrogen-bond acceptors (Lipinski definition) is 4. The van der Waals surface area contributed by atoms with E-state index in [1.807, 2.05) is 0 Å². The average molecular weight is 295 g/mol. The van der Waals surface area contributed by atoms with Crippen LogP contribution in [-0.2, 0) is 10.0 Å². The first kappa shape index (κ1) is 14.3. The van der Waals surface area contributed by atoms with E-state index in [1.165, 1.54) is 31.3 Å². The molecular weight excluding hydrogens is 281 g/mol. The summed E-state index contributed by atoms with van der Waals surface area (Å²) in [4.78, 5) is 0.0225. The Balaban J connectivity index is 2.50. The van der Waals surface area contributed by atoms with Crippen molar-refractivity contribution in [3.05, 3.63) is 54.3 Å². The molecule has 106 valence electrons. The van der Waals surface area contributed by atoms with Crippen LogP contribution in [0.25, 0.3) is 0 Å². The maximum Gasteiger partial charge on any atom is 0.266 e. The van der Waals surface area contributed by atoms with Crippen LogP contribution in [0.5, 0.6) is 0 Å². The molecule has 0 saturated heterocycles. The van der Waals surface area contributed by atoms with Crippen molar-refractivity contribution < 1.29 is 12.8 Å². The van der Waals surface area contributed by atoms with E-state index in [2.05, 4.69) is 5.43 Å². The standard InChI is InChI=1S/C13H14FN3O2S/c1-17(11-6-4-5-10(14)9-11)20(18,19)13-8-3-2-7-12(13)16-15/h2-9,16H,15H2,1H3. The molecule has 0 aromatic heterocycles. The predicted molar refractivity (Wildman–Crippen MR) is 76.2 cm³/mol. The van der Waals surface area contributed by atoms with Crippen molar-refractivity contribution in [2.24, 2.45) is 5.84 Å². The molecular formula is C13H14FN3O2S. The van der Waals surface area contributed by atoms with Crippen molar-refractivity contribution in [2.45, 2.75) is 4.90 Å². The van der Waals surface area contributed by atoms with Gasteiger partial charge in [0.1, 0.15) is 10.7 Å². The number of rotatable bonds is 4. The third kappa shape index (κ3) is 2.59. The van der Waals surface area contributed by atoms with Gasteiger partial charge in [0.05, 0.1) is 11.4 Å². The van der Waals surface area contributed by atoms with E-state index in [9.17, 15) is 12.8 Å². The maximum absolute atomic E-state index is 13.2. The molecule has 0 aliphatic heterocycles. The van der Waals surface area contributed by atoms with Gasteiger partial charge in [0.2, 0.25) is 0 Å². The van der Waals surface area contributed by atoms with E-state index < -0.39 is 15.8 Å². The van der Waals surface area contributed by atoms with Gasteiger partial charge in [-0.1, -0.05) is 18.2 Å². The molecule has 0 fully saturated rings. The highest BCUT2D eigenvalue weighted by Gasteiger charge is 2.24. The lowest BCUT2D eigenvalue weighted by atomic mass is 10.3. The first-order valence-corrected chi connectivity index (χ1v) is 7.21. The molecule has 7 heteroatoms. The average Bonchev–Trinajstić information content (AvgIpc) is 2.46. The van der Waals surface area contributed by atoms with Crippen LogP contribution in [0, 0.1) is 5.82 Å². The third-order valence-corrected chi connectivity index (χ3v) is 4.70. The van der Waals surface area contributed by atoms with E-state index in [0.717, 1.165) is 10.4 Å². The summed E-state index contributed by atoms with van der Waals surface area (Å²) in [5, 5.41) is 0. The van der Waals surface area contributed by atoms with Gasteiger partial charge in [0, 0.05) is 7.05 Å². The van der Waals surface area contributed by atoms with Crippen LogP contribution in [0.3, 0.4) is 0 Å². The zero-order valence-corrected chi connectivity index (χ0v) is 11.6. The minimum Gasteiger partial charge on any atom is -0.323 e. The van der Waals surface area contributed by atoms with Gasteiger partial charge in [-0.2, -0.15) is 0 Å². The summed E-state index contributed by atoms with van der Waals surface area (Å²) < 4.78 is 39.3. The van der Waals surface area contributed by atoms with Gasteiger partial charge in [0.15, 0.2) is 0 Å². The molecule has 0 bridgehead atoms. The van der Waals surface area contributed by atoms with E-state index >= 15 is 0 Å². The summed E-state index contributed by atoms with van der Waals surface area (Å²) in [6.45, 7) is 0. The normalized spacial score (nSPS) is 11.2. The molecule has 0 radical (unpaired) electrons. The van der Waals surface area contributed by atoms with Gasteiger partial charge in [-0.3, -0.25) is 10.1 Å². The van der Waals surface area contributed by atoms with Crippen molar-refractivity contribution in [3.63, 3.8) is 0 Å². The van der Waals surface area contributed by atoms with E-state index in [0.29, 0.717) is 0 Å². The summed E-state index contributed by atoms with van der Waals surface area (Å²) in [5.41, 5.74) is 2.85. The Labute approximate surface area is 116 Å². The molecule has 0 unspecified atom stereocenters. The molecule has 2 rings (SSSR count). The van der Waals surface area contributed by atoms with Crippen LogP contribution in [0.2, 0.25) is 0 Å². The van der Waals surface area contributed by atoms with Crippen molar-refractivity contribution in [1.82, 2.24) is 0 Å². The molecule has 0 heterocycles. The Morgan fingerprint density at radius 2 is 1.85 bits per heavy atom. The van der Waals surface area contributed by atoms with Gasteiger partial charge in [-0.05, 0) is 30.3 Å². The Morgan fingerprint density at radius 1 is 1.15 bits per heavy atom. The smallest absolute Gasteiger partial charge is 0.266 e. The molecule has 0 saturated carbocycles. The number of nitrogens with two attached hydrogens (primary N) is 1. The van der Waals surface area contributed by atoms with Crippen molar-refractivity contribution >= 4 is 21.4 Å². The second-order valence-electron chi connectivity index (χ2n) is 4.09. The highest BCUT2D eigenvalue weighted by molar-refractivity contribution is 7.93. The second-order valence-corrected chi connectivity index (χ2v) is 6.03. The highest BCUT2D eigenvalue weighted by atomic mass is 32.2. The van der Waals surface area contributed by atoms with Gasteiger partial charge in [-0.25, -0.2) is 12.8 Å². The first-order chi connectivity index (χ1) is 9.46. The fourth-order valence-electron chi connectivity index (χ4n) is 1.77. The summed E-state index contributed by atoms with van der Waals surface area (Å²) in [5.74, 6) is 4.81. The van der Waals surface area contributed by atoms with Crippen LogP contribution in [0.1, 0.15) is 0 Å². The Bertz CT molecular complexity index is 719. The number of para-hydroxylation sites is 1. The number of halogens is 1. The quantitative estimate of drug-likeness (QED) is 0.667. The number of nitrogens with one attached hydrogen (secondary N) is 1. The van der Waals surface area contributed by atoms with E-state index in [4.69, 9.17) is 5.84 Å². The van der Waals surface area contributed by atoms with Gasteiger partial charge in [0.25, 0.3) is 10.0 Å². The van der Waals surface area contributed by atoms with Crippen molar-refractivity contribution in [2.75, 3.05) is 16.8 Å². The van der Waals surface area contributed by atoms with Gasteiger partial charge in [-0.15, -0.1) is 0 Å². The molecule has 0 atom stereocenters. The largest absolute Gasteiger partial charge is 0.323 e. The van der Waals surface area contributed by atoms with Crippen LogP contribution in [-0.4, -0.2) is 15.5 Å².